The zero-order valence-corrected chi connectivity index (χ0v) is 11.2. The van der Waals surface area contributed by atoms with Crippen molar-refractivity contribution in [1.82, 2.24) is 0 Å². The summed E-state index contributed by atoms with van der Waals surface area (Å²) < 4.78 is 5.20. The number of hydrogen-bond acceptors (Lipinski definition) is 2. The molecule has 17 heavy (non-hydrogen) atoms. The molecular weight excluding hydrogens is 214 g/mol. The number of rotatable bonds is 2. The van der Waals surface area contributed by atoms with Crippen LogP contribution in [0.25, 0.3) is 0 Å². The van der Waals surface area contributed by atoms with Gasteiger partial charge in [0.15, 0.2) is 5.96 Å². The standard InChI is InChI=1S/C13H21N3O/c1-9-8-10(6-7-11(9)17-5)15-12(14)16-13(2,3)4/h6-8H,1-5H3,(H3,14,15,16). The minimum Gasteiger partial charge on any atom is -0.496 e. The molecule has 0 atom stereocenters. The first kappa shape index (κ1) is 13.4. The fourth-order valence-electron chi connectivity index (χ4n) is 1.49. The first-order chi connectivity index (χ1) is 7.81. The van der Waals surface area contributed by atoms with Crippen LogP contribution in [-0.2, 0) is 0 Å². The lowest BCUT2D eigenvalue weighted by Crippen LogP contribution is -2.27. The van der Waals surface area contributed by atoms with Crippen molar-refractivity contribution in [2.45, 2.75) is 33.2 Å². The zero-order valence-electron chi connectivity index (χ0n) is 11.2. The van der Waals surface area contributed by atoms with Gasteiger partial charge in [-0.1, -0.05) is 0 Å². The summed E-state index contributed by atoms with van der Waals surface area (Å²) >= 11 is 0. The molecule has 1 aromatic carbocycles. The Morgan fingerprint density at radius 3 is 2.47 bits per heavy atom. The molecule has 1 rings (SSSR count). The van der Waals surface area contributed by atoms with Crippen molar-refractivity contribution in [3.8, 4) is 5.75 Å². The molecule has 0 bridgehead atoms. The lowest BCUT2D eigenvalue weighted by Gasteiger charge is -2.15. The minimum atomic E-state index is -0.182. The van der Waals surface area contributed by atoms with Gasteiger partial charge in [-0.15, -0.1) is 0 Å². The SMILES string of the molecule is COc1ccc(NC(N)=NC(C)(C)C)cc1C. The van der Waals surface area contributed by atoms with Gasteiger partial charge in [-0.2, -0.15) is 0 Å². The average molecular weight is 235 g/mol. The van der Waals surface area contributed by atoms with Crippen LogP contribution in [0.4, 0.5) is 5.69 Å². The van der Waals surface area contributed by atoms with E-state index in [0.717, 1.165) is 17.0 Å². The molecule has 1 aromatic rings. The van der Waals surface area contributed by atoms with Crippen molar-refractivity contribution >= 4 is 11.6 Å². The second-order valence-corrected chi connectivity index (χ2v) is 4.98. The molecule has 3 N–H and O–H groups in total. The molecule has 0 fully saturated rings. The molecule has 0 aromatic heterocycles. The van der Waals surface area contributed by atoms with Crippen LogP contribution in [0, 0.1) is 6.92 Å². The molecule has 0 unspecified atom stereocenters. The van der Waals surface area contributed by atoms with Crippen LogP contribution < -0.4 is 15.8 Å². The Labute approximate surface area is 103 Å². The van der Waals surface area contributed by atoms with Gasteiger partial charge in [0, 0.05) is 5.69 Å². The molecule has 4 nitrogen and oxygen atoms in total. The van der Waals surface area contributed by atoms with Gasteiger partial charge >= 0.3 is 0 Å². The van der Waals surface area contributed by atoms with Gasteiger partial charge < -0.3 is 15.8 Å². The Morgan fingerprint density at radius 2 is 2.00 bits per heavy atom. The van der Waals surface area contributed by atoms with E-state index in [1.165, 1.54) is 0 Å². The first-order valence-electron chi connectivity index (χ1n) is 5.59. The summed E-state index contributed by atoms with van der Waals surface area (Å²) in [4.78, 5) is 4.33. The Hall–Kier alpha value is -1.71. The molecule has 0 saturated heterocycles. The van der Waals surface area contributed by atoms with E-state index in [4.69, 9.17) is 10.5 Å². The van der Waals surface area contributed by atoms with Crippen molar-refractivity contribution in [2.75, 3.05) is 12.4 Å². The highest BCUT2D eigenvalue weighted by molar-refractivity contribution is 5.92. The quantitative estimate of drug-likeness (QED) is 0.611. The average Bonchev–Trinajstić information content (AvgIpc) is 2.14. The molecule has 0 amide bonds. The van der Waals surface area contributed by atoms with Gasteiger partial charge in [0.25, 0.3) is 0 Å². The van der Waals surface area contributed by atoms with E-state index in [9.17, 15) is 0 Å². The summed E-state index contributed by atoms with van der Waals surface area (Å²) in [5.41, 5.74) is 7.61. The van der Waals surface area contributed by atoms with Crippen LogP contribution in [-0.4, -0.2) is 18.6 Å². The molecule has 4 heteroatoms. The highest BCUT2D eigenvalue weighted by atomic mass is 16.5. The highest BCUT2D eigenvalue weighted by Crippen LogP contribution is 2.21. The fourth-order valence-corrected chi connectivity index (χ4v) is 1.49. The highest BCUT2D eigenvalue weighted by Gasteiger charge is 2.08. The van der Waals surface area contributed by atoms with Gasteiger partial charge in [-0.25, -0.2) is 4.99 Å². The maximum Gasteiger partial charge on any atom is 0.193 e. The Morgan fingerprint density at radius 1 is 1.35 bits per heavy atom. The molecule has 0 radical (unpaired) electrons. The van der Waals surface area contributed by atoms with E-state index in [0.29, 0.717) is 5.96 Å². The van der Waals surface area contributed by atoms with Crippen molar-refractivity contribution in [3.05, 3.63) is 23.8 Å². The molecule has 0 heterocycles. The summed E-state index contributed by atoms with van der Waals surface area (Å²) in [6.07, 6.45) is 0. The Kier molecular flexibility index (Phi) is 3.99. The van der Waals surface area contributed by atoms with Gasteiger partial charge in [-0.3, -0.25) is 0 Å². The van der Waals surface area contributed by atoms with Crippen LogP contribution in [0.3, 0.4) is 0 Å². The third-order valence-corrected chi connectivity index (χ3v) is 2.12. The van der Waals surface area contributed by atoms with Gasteiger partial charge in [0.1, 0.15) is 5.75 Å². The van der Waals surface area contributed by atoms with Crippen LogP contribution in [0.15, 0.2) is 23.2 Å². The summed E-state index contributed by atoms with van der Waals surface area (Å²) in [6, 6.07) is 5.79. The summed E-state index contributed by atoms with van der Waals surface area (Å²) in [7, 11) is 1.66. The summed E-state index contributed by atoms with van der Waals surface area (Å²) in [5.74, 6) is 1.28. The van der Waals surface area contributed by atoms with Crippen LogP contribution in [0.5, 0.6) is 5.75 Å². The number of hydrogen-bond donors (Lipinski definition) is 2. The largest absolute Gasteiger partial charge is 0.496 e. The number of nitrogens with one attached hydrogen (secondary N) is 1. The van der Waals surface area contributed by atoms with Crippen LogP contribution in [0.2, 0.25) is 0 Å². The second-order valence-electron chi connectivity index (χ2n) is 4.98. The lowest BCUT2D eigenvalue weighted by atomic mass is 10.1. The van der Waals surface area contributed by atoms with Crippen LogP contribution in [0.1, 0.15) is 26.3 Å². The van der Waals surface area contributed by atoms with E-state index < -0.39 is 0 Å². The molecule has 94 valence electrons. The zero-order chi connectivity index (χ0) is 13.1. The monoisotopic (exact) mass is 235 g/mol. The van der Waals surface area contributed by atoms with Gasteiger partial charge in [0.2, 0.25) is 0 Å². The van der Waals surface area contributed by atoms with Crippen molar-refractivity contribution in [2.24, 2.45) is 10.7 Å². The van der Waals surface area contributed by atoms with E-state index in [1.807, 2.05) is 45.9 Å². The van der Waals surface area contributed by atoms with E-state index in [-0.39, 0.29) is 5.54 Å². The van der Waals surface area contributed by atoms with Gasteiger partial charge in [0.05, 0.1) is 12.6 Å². The number of nitrogens with zero attached hydrogens (tertiary/aromatic N) is 1. The van der Waals surface area contributed by atoms with Crippen molar-refractivity contribution in [3.63, 3.8) is 0 Å². The topological polar surface area (TPSA) is 59.6 Å². The minimum absolute atomic E-state index is 0.182. The van der Waals surface area contributed by atoms with E-state index in [2.05, 4.69) is 10.3 Å². The summed E-state index contributed by atoms with van der Waals surface area (Å²) in [5, 5.41) is 3.06. The normalized spacial score (nSPS) is 12.4. The number of guanidine groups is 1. The third-order valence-electron chi connectivity index (χ3n) is 2.12. The fraction of sp³-hybridized carbons (Fsp3) is 0.462. The van der Waals surface area contributed by atoms with Gasteiger partial charge in [-0.05, 0) is 51.5 Å². The summed E-state index contributed by atoms with van der Waals surface area (Å²) in [6.45, 7) is 7.99. The molecule has 0 aliphatic carbocycles. The maximum absolute atomic E-state index is 5.82. The van der Waals surface area contributed by atoms with Crippen molar-refractivity contribution < 1.29 is 4.74 Å². The Balaban J connectivity index is 2.83. The van der Waals surface area contributed by atoms with Crippen molar-refractivity contribution in [1.29, 1.82) is 0 Å². The lowest BCUT2D eigenvalue weighted by molar-refractivity contribution is 0.412. The molecule has 0 aliphatic rings. The number of aliphatic imine (C=N–C) groups is 1. The number of ether oxygens (including phenoxy) is 1. The number of nitrogens with two attached hydrogens (primary N) is 1. The molecule has 0 aliphatic heterocycles. The number of anilines is 1. The third kappa shape index (κ3) is 4.34. The van der Waals surface area contributed by atoms with Crippen LogP contribution >= 0.6 is 0 Å². The first-order valence-corrected chi connectivity index (χ1v) is 5.59. The number of benzene rings is 1. The second kappa shape index (κ2) is 5.08. The molecule has 0 saturated carbocycles. The Bertz CT molecular complexity index is 419. The predicted octanol–water partition coefficient (Wildman–Crippen LogP) is 2.53. The smallest absolute Gasteiger partial charge is 0.193 e. The van der Waals surface area contributed by atoms with E-state index in [1.54, 1.807) is 7.11 Å². The maximum atomic E-state index is 5.82. The molecular formula is C13H21N3O. The number of methoxy groups -OCH3 is 1. The number of aryl methyl sites for hydroxylation is 1. The molecule has 0 spiro atoms. The predicted molar refractivity (Wildman–Crippen MR) is 72.7 cm³/mol. The van der Waals surface area contributed by atoms with E-state index >= 15 is 0 Å².